The van der Waals surface area contributed by atoms with Crippen molar-refractivity contribution in [3.63, 3.8) is 0 Å². The van der Waals surface area contributed by atoms with Gasteiger partial charge in [-0.05, 0) is 43.7 Å². The van der Waals surface area contributed by atoms with E-state index in [1.54, 1.807) is 7.11 Å². The highest BCUT2D eigenvalue weighted by Gasteiger charge is 2.12. The van der Waals surface area contributed by atoms with Gasteiger partial charge in [0, 0.05) is 13.0 Å². The third-order valence-electron chi connectivity index (χ3n) is 3.22. The highest BCUT2D eigenvalue weighted by molar-refractivity contribution is 5.31. The lowest BCUT2D eigenvalue weighted by atomic mass is 10.1. The molecule has 0 bridgehead atoms. The summed E-state index contributed by atoms with van der Waals surface area (Å²) in [5, 5.41) is 3.34. The number of hydrogen-bond acceptors (Lipinski definition) is 4. The van der Waals surface area contributed by atoms with E-state index >= 15 is 0 Å². The summed E-state index contributed by atoms with van der Waals surface area (Å²) in [5.74, 6) is 1.72. The van der Waals surface area contributed by atoms with Crippen LogP contribution in [0.5, 0.6) is 11.5 Å². The zero-order valence-corrected chi connectivity index (χ0v) is 11.6. The van der Waals surface area contributed by atoms with Crippen LogP contribution in [-0.2, 0) is 4.74 Å². The molecular weight excluding hydrogens is 242 g/mol. The maximum atomic E-state index is 5.79. The van der Waals surface area contributed by atoms with Gasteiger partial charge in [-0.2, -0.15) is 0 Å². The molecule has 1 heterocycles. The fraction of sp³-hybridized carbons (Fsp3) is 0.600. The highest BCUT2D eigenvalue weighted by Crippen LogP contribution is 2.17. The number of piperidine rings is 1. The predicted octanol–water partition coefficient (Wildman–Crippen LogP) is 2.23. The van der Waals surface area contributed by atoms with Gasteiger partial charge >= 0.3 is 0 Å². The average molecular weight is 265 g/mol. The summed E-state index contributed by atoms with van der Waals surface area (Å²) < 4.78 is 16.5. The normalized spacial score (nSPS) is 19.1. The molecule has 1 saturated heterocycles. The minimum atomic E-state index is 0.384. The van der Waals surface area contributed by atoms with Crippen LogP contribution in [0.25, 0.3) is 0 Å². The molecule has 0 aromatic heterocycles. The second kappa shape index (κ2) is 8.02. The quantitative estimate of drug-likeness (QED) is 0.767. The lowest BCUT2D eigenvalue weighted by Crippen LogP contribution is -2.35. The van der Waals surface area contributed by atoms with Crippen molar-refractivity contribution in [1.82, 2.24) is 5.32 Å². The molecule has 106 valence electrons. The van der Waals surface area contributed by atoms with Crippen molar-refractivity contribution >= 4 is 0 Å². The summed E-state index contributed by atoms with van der Waals surface area (Å²) in [6.07, 6.45) is 3.69. The number of methoxy groups -OCH3 is 1. The summed E-state index contributed by atoms with van der Waals surface area (Å²) >= 11 is 0. The molecule has 4 heteroatoms. The topological polar surface area (TPSA) is 39.7 Å². The molecular formula is C15H23NO3. The maximum Gasteiger partial charge on any atom is 0.119 e. The van der Waals surface area contributed by atoms with Gasteiger partial charge in [-0.25, -0.2) is 0 Å². The molecule has 1 atom stereocenters. The van der Waals surface area contributed by atoms with Crippen LogP contribution in [0.4, 0.5) is 0 Å². The average Bonchev–Trinajstić information content (AvgIpc) is 2.49. The molecule has 0 saturated carbocycles. The molecule has 1 aliphatic heterocycles. The lowest BCUT2D eigenvalue weighted by molar-refractivity contribution is 0.0308. The molecule has 19 heavy (non-hydrogen) atoms. The predicted molar refractivity (Wildman–Crippen MR) is 74.9 cm³/mol. The number of ether oxygens (including phenoxy) is 3. The molecule has 1 N–H and O–H groups in total. The van der Waals surface area contributed by atoms with Gasteiger partial charge in [-0.15, -0.1) is 0 Å². The smallest absolute Gasteiger partial charge is 0.119 e. The zero-order valence-electron chi connectivity index (χ0n) is 11.6. The third-order valence-corrected chi connectivity index (χ3v) is 3.22. The van der Waals surface area contributed by atoms with E-state index in [9.17, 15) is 0 Å². The van der Waals surface area contributed by atoms with Crippen LogP contribution in [0.3, 0.4) is 0 Å². The maximum absolute atomic E-state index is 5.79. The standard InChI is InChI=1S/C15H23NO3/c1-17-13-5-7-14(8-6-13)18-10-3-11-19-15-4-2-9-16-12-15/h5-8,15-16H,2-4,9-12H2,1H3. The minimum absolute atomic E-state index is 0.384. The molecule has 0 aliphatic carbocycles. The van der Waals surface area contributed by atoms with Crippen LogP contribution >= 0.6 is 0 Å². The summed E-state index contributed by atoms with van der Waals surface area (Å²) in [6.45, 7) is 3.56. The molecule has 0 amide bonds. The lowest BCUT2D eigenvalue weighted by Gasteiger charge is -2.23. The summed E-state index contributed by atoms with van der Waals surface area (Å²) in [5.41, 5.74) is 0. The second-order valence-electron chi connectivity index (χ2n) is 4.72. The van der Waals surface area contributed by atoms with Crippen molar-refractivity contribution in [1.29, 1.82) is 0 Å². The first kappa shape index (κ1) is 14.2. The Morgan fingerprint density at radius 1 is 1.16 bits per heavy atom. The highest BCUT2D eigenvalue weighted by atomic mass is 16.5. The Morgan fingerprint density at radius 2 is 1.95 bits per heavy atom. The molecule has 1 aliphatic rings. The number of nitrogens with one attached hydrogen (secondary N) is 1. The van der Waals surface area contributed by atoms with Crippen LogP contribution in [0, 0.1) is 0 Å². The first-order valence-electron chi connectivity index (χ1n) is 6.97. The fourth-order valence-corrected chi connectivity index (χ4v) is 2.13. The van der Waals surface area contributed by atoms with Crippen molar-refractivity contribution in [2.75, 3.05) is 33.4 Å². The van der Waals surface area contributed by atoms with E-state index in [-0.39, 0.29) is 0 Å². The van der Waals surface area contributed by atoms with Crippen molar-refractivity contribution in [3.05, 3.63) is 24.3 Å². The number of hydrogen-bond donors (Lipinski definition) is 1. The van der Waals surface area contributed by atoms with Gasteiger partial charge in [0.15, 0.2) is 0 Å². The summed E-state index contributed by atoms with van der Waals surface area (Å²) in [6, 6.07) is 7.65. The van der Waals surface area contributed by atoms with Gasteiger partial charge in [0.25, 0.3) is 0 Å². The molecule has 0 radical (unpaired) electrons. The van der Waals surface area contributed by atoms with Gasteiger partial charge in [0.1, 0.15) is 11.5 Å². The van der Waals surface area contributed by atoms with Crippen LogP contribution in [0.15, 0.2) is 24.3 Å². The van der Waals surface area contributed by atoms with Gasteiger partial charge in [-0.1, -0.05) is 0 Å². The Hall–Kier alpha value is -1.26. The van der Waals surface area contributed by atoms with E-state index in [1.165, 1.54) is 12.8 Å². The first-order valence-corrected chi connectivity index (χ1v) is 6.97. The Balaban J connectivity index is 1.55. The Kier molecular flexibility index (Phi) is 5.98. The van der Waals surface area contributed by atoms with Gasteiger partial charge in [0.2, 0.25) is 0 Å². The van der Waals surface area contributed by atoms with E-state index in [1.807, 2.05) is 24.3 Å². The van der Waals surface area contributed by atoms with Gasteiger partial charge in [0.05, 0.1) is 26.4 Å². The van der Waals surface area contributed by atoms with Crippen molar-refractivity contribution in [2.24, 2.45) is 0 Å². The van der Waals surface area contributed by atoms with Crippen LogP contribution in [-0.4, -0.2) is 39.5 Å². The SMILES string of the molecule is COc1ccc(OCCCOC2CCCNC2)cc1. The molecule has 0 spiro atoms. The zero-order chi connectivity index (χ0) is 13.3. The van der Waals surface area contributed by atoms with Gasteiger partial charge in [-0.3, -0.25) is 0 Å². The Morgan fingerprint density at radius 3 is 2.63 bits per heavy atom. The summed E-state index contributed by atoms with van der Waals surface area (Å²) in [7, 11) is 1.66. The molecule has 1 unspecified atom stereocenters. The fourth-order valence-electron chi connectivity index (χ4n) is 2.13. The first-order chi connectivity index (χ1) is 9.38. The van der Waals surface area contributed by atoms with Gasteiger partial charge < -0.3 is 19.5 Å². The Labute approximate surface area is 115 Å². The van der Waals surface area contributed by atoms with E-state index < -0.39 is 0 Å². The third kappa shape index (κ3) is 5.09. The van der Waals surface area contributed by atoms with Crippen LogP contribution in [0.2, 0.25) is 0 Å². The largest absolute Gasteiger partial charge is 0.497 e. The van der Waals surface area contributed by atoms with E-state index in [0.29, 0.717) is 12.7 Å². The van der Waals surface area contributed by atoms with Crippen LogP contribution in [0.1, 0.15) is 19.3 Å². The van der Waals surface area contributed by atoms with E-state index in [0.717, 1.165) is 37.6 Å². The minimum Gasteiger partial charge on any atom is -0.497 e. The summed E-state index contributed by atoms with van der Waals surface area (Å²) in [4.78, 5) is 0. The number of benzene rings is 1. The van der Waals surface area contributed by atoms with Crippen LogP contribution < -0.4 is 14.8 Å². The van der Waals surface area contributed by atoms with E-state index in [4.69, 9.17) is 14.2 Å². The van der Waals surface area contributed by atoms with E-state index in [2.05, 4.69) is 5.32 Å². The molecule has 1 fully saturated rings. The second-order valence-corrected chi connectivity index (χ2v) is 4.72. The molecule has 1 aromatic carbocycles. The van der Waals surface area contributed by atoms with Crippen molar-refractivity contribution in [2.45, 2.75) is 25.4 Å². The number of rotatable bonds is 7. The molecule has 4 nitrogen and oxygen atoms in total. The molecule has 1 aromatic rings. The van der Waals surface area contributed by atoms with Crippen molar-refractivity contribution in [3.8, 4) is 11.5 Å². The Bertz CT molecular complexity index is 347. The van der Waals surface area contributed by atoms with Crippen molar-refractivity contribution < 1.29 is 14.2 Å². The monoisotopic (exact) mass is 265 g/mol. The molecule has 2 rings (SSSR count).